The number of nitrogens with zero attached hydrogens (tertiary/aromatic N) is 1. The van der Waals surface area contributed by atoms with Crippen molar-refractivity contribution < 1.29 is 21.6 Å². The van der Waals surface area contributed by atoms with E-state index in [2.05, 4.69) is 9.44 Å². The van der Waals surface area contributed by atoms with Gasteiger partial charge in [-0.2, -0.15) is 26.3 Å². The lowest BCUT2D eigenvalue weighted by Gasteiger charge is -2.22. The molecule has 0 saturated heterocycles. The molecule has 3 aromatic carbocycles. The van der Waals surface area contributed by atoms with E-state index in [1.54, 1.807) is 78.9 Å². The van der Waals surface area contributed by atoms with E-state index in [9.17, 15) is 21.6 Å². The van der Waals surface area contributed by atoms with Crippen LogP contribution in [-0.4, -0.2) is 32.9 Å². The zero-order valence-corrected chi connectivity index (χ0v) is 18.7. The Morgan fingerprint density at radius 3 is 1.41 bits per heavy atom. The Morgan fingerprint density at radius 2 is 1.00 bits per heavy atom. The number of hydrogen-bond acceptors (Lipinski definition) is 5. The molecule has 0 aromatic heterocycles. The average Bonchev–Trinajstić information content (AvgIpc) is 2.81. The van der Waals surface area contributed by atoms with Gasteiger partial charge >= 0.3 is 0 Å². The Balaban J connectivity index is 1.84. The lowest BCUT2D eigenvalue weighted by atomic mass is 10.1. The van der Waals surface area contributed by atoms with Crippen LogP contribution in [0.5, 0.6) is 0 Å². The molecule has 0 amide bonds. The van der Waals surface area contributed by atoms with Crippen LogP contribution in [0, 0.1) is 0 Å². The highest BCUT2D eigenvalue weighted by Crippen LogP contribution is 2.12. The van der Waals surface area contributed by atoms with E-state index >= 15 is 0 Å². The second-order valence-corrected chi connectivity index (χ2v) is 10.4. The molecule has 0 spiro atoms. The van der Waals surface area contributed by atoms with Gasteiger partial charge in [0.05, 0.1) is 6.54 Å². The van der Waals surface area contributed by atoms with E-state index in [1.165, 1.54) is 12.1 Å². The van der Waals surface area contributed by atoms with Crippen LogP contribution in [0.2, 0.25) is 0 Å². The first kappa shape index (κ1) is 23.8. The number of carbonyl (C=O) groups excluding carboxylic acids is 1. The number of Topliss-reactive ketones (excluding diaryl/α,β-unsaturated/α-hetero) is 1. The van der Waals surface area contributed by atoms with Crippen molar-refractivity contribution in [2.75, 3.05) is 6.54 Å². The largest absolute Gasteiger partial charge is 0.294 e. The summed E-state index contributed by atoms with van der Waals surface area (Å²) < 4.78 is 56.6. The van der Waals surface area contributed by atoms with Crippen LogP contribution >= 0.6 is 0 Å². The van der Waals surface area contributed by atoms with Crippen LogP contribution in [0.25, 0.3) is 0 Å². The normalized spacial score (nSPS) is 12.0. The summed E-state index contributed by atoms with van der Waals surface area (Å²) in [5.41, 5.74) is 1.48. The Kier molecular flexibility index (Phi) is 7.89. The molecule has 2 N–H and O–H groups in total. The SMILES string of the molecule is O=C(CN(S(=O)(=O)NCc1ccccc1)S(=O)(=O)NCc1ccccc1)c1ccccc1. The number of nitrogens with one attached hydrogen (secondary N) is 2. The van der Waals surface area contributed by atoms with Gasteiger partial charge in [0.1, 0.15) is 0 Å². The summed E-state index contributed by atoms with van der Waals surface area (Å²) in [5.74, 6) is -0.652. The van der Waals surface area contributed by atoms with Crippen molar-refractivity contribution in [3.05, 3.63) is 108 Å². The van der Waals surface area contributed by atoms with Gasteiger partial charge in [-0.05, 0) is 11.1 Å². The molecule has 8 nitrogen and oxygen atoms in total. The fourth-order valence-electron chi connectivity index (χ4n) is 2.82. The van der Waals surface area contributed by atoms with Gasteiger partial charge in [-0.3, -0.25) is 4.79 Å². The quantitative estimate of drug-likeness (QED) is 0.415. The molecule has 32 heavy (non-hydrogen) atoms. The van der Waals surface area contributed by atoms with Crippen LogP contribution < -0.4 is 9.44 Å². The van der Waals surface area contributed by atoms with Crippen molar-refractivity contribution in [2.24, 2.45) is 0 Å². The van der Waals surface area contributed by atoms with Gasteiger partial charge < -0.3 is 0 Å². The molecular formula is C22H23N3O5S2. The van der Waals surface area contributed by atoms with Gasteiger partial charge in [-0.15, -0.1) is 0 Å². The molecule has 0 fully saturated rings. The summed E-state index contributed by atoms with van der Waals surface area (Å²) in [6.45, 7) is -1.14. The summed E-state index contributed by atoms with van der Waals surface area (Å²) in [4.78, 5) is 12.7. The highest BCUT2D eigenvalue weighted by atomic mass is 32.3. The van der Waals surface area contributed by atoms with Crippen molar-refractivity contribution in [2.45, 2.75) is 13.1 Å². The Hall–Kier alpha value is -2.89. The smallest absolute Gasteiger partial charge is 0.293 e. The first-order valence-electron chi connectivity index (χ1n) is 9.71. The fraction of sp³-hybridized carbons (Fsp3) is 0.136. The predicted molar refractivity (Wildman–Crippen MR) is 122 cm³/mol. The van der Waals surface area contributed by atoms with Crippen LogP contribution in [0.15, 0.2) is 91.0 Å². The monoisotopic (exact) mass is 473 g/mol. The van der Waals surface area contributed by atoms with Crippen LogP contribution in [0.3, 0.4) is 0 Å². The van der Waals surface area contributed by atoms with E-state index in [0.29, 0.717) is 11.1 Å². The number of benzene rings is 3. The molecular weight excluding hydrogens is 450 g/mol. The van der Waals surface area contributed by atoms with Crippen LogP contribution in [0.1, 0.15) is 21.5 Å². The number of hydrogen-bond donors (Lipinski definition) is 2. The Labute approximate surface area is 188 Å². The van der Waals surface area contributed by atoms with E-state index in [0.717, 1.165) is 0 Å². The van der Waals surface area contributed by atoms with E-state index in [-0.39, 0.29) is 22.4 Å². The fourth-order valence-corrected chi connectivity index (χ4v) is 5.73. The highest BCUT2D eigenvalue weighted by molar-refractivity contribution is 8.02. The molecule has 0 aliphatic rings. The summed E-state index contributed by atoms with van der Waals surface area (Å²) in [6, 6.07) is 25.2. The van der Waals surface area contributed by atoms with E-state index in [1.807, 2.05) is 0 Å². The maximum atomic E-state index is 13.0. The number of carbonyl (C=O) groups is 1. The lowest BCUT2D eigenvalue weighted by Crippen LogP contribution is -2.50. The summed E-state index contributed by atoms with van der Waals surface area (Å²) >= 11 is 0. The average molecular weight is 474 g/mol. The van der Waals surface area contributed by atoms with Crippen molar-refractivity contribution in [3.8, 4) is 0 Å². The minimum absolute atomic E-state index is 0.132. The zero-order chi connectivity index (χ0) is 23.0. The third-order valence-electron chi connectivity index (χ3n) is 4.51. The van der Waals surface area contributed by atoms with Gasteiger partial charge in [-0.25, -0.2) is 0 Å². The first-order chi connectivity index (χ1) is 15.3. The summed E-state index contributed by atoms with van der Waals surface area (Å²) in [7, 11) is -9.15. The maximum Gasteiger partial charge on any atom is 0.294 e. The molecule has 0 atom stereocenters. The minimum Gasteiger partial charge on any atom is -0.293 e. The molecule has 0 saturated carbocycles. The zero-order valence-electron chi connectivity index (χ0n) is 17.1. The number of ketones is 1. The van der Waals surface area contributed by atoms with E-state index in [4.69, 9.17) is 0 Å². The summed E-state index contributed by atoms with van der Waals surface area (Å²) in [5, 5.41) is 0. The molecule has 3 rings (SSSR count). The second-order valence-electron chi connectivity index (χ2n) is 6.84. The van der Waals surface area contributed by atoms with Crippen molar-refractivity contribution in [3.63, 3.8) is 0 Å². The molecule has 0 aliphatic heterocycles. The number of rotatable bonds is 11. The molecule has 3 aromatic rings. The maximum absolute atomic E-state index is 13.0. The van der Waals surface area contributed by atoms with Gasteiger partial charge in [0.15, 0.2) is 5.78 Å². The molecule has 0 heterocycles. The van der Waals surface area contributed by atoms with Gasteiger partial charge in [0, 0.05) is 18.7 Å². The van der Waals surface area contributed by atoms with Gasteiger partial charge in [0.2, 0.25) is 0 Å². The Morgan fingerprint density at radius 1 is 0.625 bits per heavy atom. The third-order valence-corrected chi connectivity index (χ3v) is 8.03. The lowest BCUT2D eigenvalue weighted by molar-refractivity contribution is 0.0981. The predicted octanol–water partition coefficient (Wildman–Crippen LogP) is 2.24. The van der Waals surface area contributed by atoms with Crippen molar-refractivity contribution >= 4 is 26.2 Å². The topological polar surface area (TPSA) is 113 Å². The molecule has 0 unspecified atom stereocenters. The second kappa shape index (κ2) is 10.6. The highest BCUT2D eigenvalue weighted by Gasteiger charge is 2.35. The standard InChI is InChI=1S/C22H23N3O5S2/c26-22(21-14-8-3-9-15-21)18-25(31(27,28)23-16-19-10-4-1-5-11-19)32(29,30)24-17-20-12-6-2-7-13-20/h1-15,23-24H,16-18H2. The molecule has 10 heteroatoms. The molecule has 0 bridgehead atoms. The molecule has 0 aliphatic carbocycles. The Bertz CT molecular complexity index is 1160. The molecule has 0 radical (unpaired) electrons. The molecule has 168 valence electrons. The summed E-state index contributed by atoms with van der Waals surface area (Å²) in [6.07, 6.45) is 0. The first-order valence-corrected chi connectivity index (χ1v) is 12.6. The van der Waals surface area contributed by atoms with Crippen LogP contribution in [0.4, 0.5) is 0 Å². The van der Waals surface area contributed by atoms with Crippen molar-refractivity contribution in [1.29, 1.82) is 0 Å². The van der Waals surface area contributed by atoms with Gasteiger partial charge in [0.25, 0.3) is 20.4 Å². The minimum atomic E-state index is -4.57. The van der Waals surface area contributed by atoms with E-state index < -0.39 is 32.7 Å². The van der Waals surface area contributed by atoms with Gasteiger partial charge in [-0.1, -0.05) is 94.7 Å². The van der Waals surface area contributed by atoms with Crippen molar-refractivity contribution in [1.82, 2.24) is 13.2 Å². The third kappa shape index (κ3) is 6.55. The van der Waals surface area contributed by atoms with Crippen LogP contribution in [-0.2, 0) is 33.5 Å².